The van der Waals surface area contributed by atoms with Crippen LogP contribution in [-0.4, -0.2) is 48.1 Å². The van der Waals surface area contributed by atoms with Crippen molar-refractivity contribution < 1.29 is 0 Å². The molecule has 1 rings (SSSR count). The molecule has 1 fully saturated rings. The highest BCUT2D eigenvalue weighted by molar-refractivity contribution is 4.89. The van der Waals surface area contributed by atoms with Crippen molar-refractivity contribution in [3.63, 3.8) is 0 Å². The van der Waals surface area contributed by atoms with Gasteiger partial charge in [0.1, 0.15) is 0 Å². The molecule has 0 aromatic rings. The first-order chi connectivity index (χ1) is 7.76. The molecule has 3 heteroatoms. The molecule has 0 aromatic heterocycles. The van der Waals surface area contributed by atoms with E-state index in [2.05, 4.69) is 36.6 Å². The second-order valence-corrected chi connectivity index (χ2v) is 4.58. The Morgan fingerprint density at radius 1 is 1.38 bits per heavy atom. The second-order valence-electron chi connectivity index (χ2n) is 4.58. The van der Waals surface area contributed by atoms with Crippen LogP contribution in [0.1, 0.15) is 40.0 Å². The number of hydrogen-bond acceptors (Lipinski definition) is 3. The Balaban J connectivity index is 2.47. The molecule has 2 unspecified atom stereocenters. The standard InChI is InChI=1S/C13H25N3/c1-4-12(7-9-14)16-10-8-13(11-16)15(5-2)6-3/h12-13H,4-8,10-11H2,1-3H3. The molecule has 0 saturated carbocycles. The third kappa shape index (κ3) is 3.20. The topological polar surface area (TPSA) is 30.3 Å². The number of rotatable bonds is 6. The van der Waals surface area contributed by atoms with E-state index < -0.39 is 0 Å². The van der Waals surface area contributed by atoms with Crippen LogP contribution in [0.2, 0.25) is 0 Å². The monoisotopic (exact) mass is 223 g/mol. The molecule has 92 valence electrons. The fourth-order valence-electron chi connectivity index (χ4n) is 2.77. The molecule has 0 aliphatic carbocycles. The summed E-state index contributed by atoms with van der Waals surface area (Å²) in [6, 6.07) is 3.50. The summed E-state index contributed by atoms with van der Waals surface area (Å²) in [6.45, 7) is 11.3. The van der Waals surface area contributed by atoms with Crippen LogP contribution in [0.5, 0.6) is 0 Å². The first-order valence-corrected chi connectivity index (χ1v) is 6.61. The molecule has 0 radical (unpaired) electrons. The van der Waals surface area contributed by atoms with Gasteiger partial charge in [-0.1, -0.05) is 20.8 Å². The predicted octanol–water partition coefficient (Wildman–Crippen LogP) is 2.09. The maximum atomic E-state index is 8.81. The molecule has 2 atom stereocenters. The third-order valence-electron chi connectivity index (χ3n) is 3.84. The lowest BCUT2D eigenvalue weighted by atomic mass is 10.1. The van der Waals surface area contributed by atoms with Crippen molar-refractivity contribution in [2.75, 3.05) is 26.2 Å². The molecule has 0 N–H and O–H groups in total. The van der Waals surface area contributed by atoms with E-state index >= 15 is 0 Å². The lowest BCUT2D eigenvalue weighted by Gasteiger charge is -2.28. The lowest BCUT2D eigenvalue weighted by molar-refractivity contribution is 0.185. The molecule has 1 aliphatic rings. The lowest BCUT2D eigenvalue weighted by Crippen LogP contribution is -2.39. The van der Waals surface area contributed by atoms with Gasteiger partial charge in [-0.2, -0.15) is 5.26 Å². The van der Waals surface area contributed by atoms with Gasteiger partial charge >= 0.3 is 0 Å². The van der Waals surface area contributed by atoms with Gasteiger partial charge in [0.15, 0.2) is 0 Å². The van der Waals surface area contributed by atoms with Gasteiger partial charge in [0, 0.05) is 25.2 Å². The molecule has 1 saturated heterocycles. The first kappa shape index (κ1) is 13.5. The number of likely N-dealkylation sites (tertiary alicyclic amines) is 1. The van der Waals surface area contributed by atoms with E-state index in [0.717, 1.165) is 26.1 Å². The van der Waals surface area contributed by atoms with E-state index in [-0.39, 0.29) is 0 Å². The minimum absolute atomic E-state index is 0.477. The van der Waals surface area contributed by atoms with E-state index in [1.807, 2.05) is 0 Å². The Bertz CT molecular complexity index is 230. The zero-order valence-electron chi connectivity index (χ0n) is 10.9. The average molecular weight is 223 g/mol. The zero-order chi connectivity index (χ0) is 12.0. The van der Waals surface area contributed by atoms with Crippen LogP contribution >= 0.6 is 0 Å². The summed E-state index contributed by atoms with van der Waals surface area (Å²) in [5.74, 6) is 0. The van der Waals surface area contributed by atoms with E-state index in [9.17, 15) is 0 Å². The van der Waals surface area contributed by atoms with Gasteiger partial charge in [0.2, 0.25) is 0 Å². The van der Waals surface area contributed by atoms with E-state index in [0.29, 0.717) is 18.5 Å². The molecule has 1 heterocycles. The maximum absolute atomic E-state index is 8.81. The third-order valence-corrected chi connectivity index (χ3v) is 3.84. The average Bonchev–Trinajstić information content (AvgIpc) is 2.77. The summed E-state index contributed by atoms with van der Waals surface area (Å²) >= 11 is 0. The molecular weight excluding hydrogens is 198 g/mol. The fraction of sp³-hybridized carbons (Fsp3) is 0.923. The van der Waals surface area contributed by atoms with Gasteiger partial charge in [0.05, 0.1) is 12.5 Å². The second kappa shape index (κ2) is 6.88. The van der Waals surface area contributed by atoms with Crippen LogP contribution in [0.4, 0.5) is 0 Å². The van der Waals surface area contributed by atoms with Crippen LogP contribution in [0.25, 0.3) is 0 Å². The van der Waals surface area contributed by atoms with E-state index in [4.69, 9.17) is 5.26 Å². The highest BCUT2D eigenvalue weighted by Gasteiger charge is 2.29. The van der Waals surface area contributed by atoms with E-state index in [1.54, 1.807) is 0 Å². The van der Waals surface area contributed by atoms with Crippen molar-refractivity contribution in [1.82, 2.24) is 9.80 Å². The van der Waals surface area contributed by atoms with Crippen molar-refractivity contribution in [2.24, 2.45) is 0 Å². The smallest absolute Gasteiger partial charge is 0.0638 e. The Kier molecular flexibility index (Phi) is 5.79. The van der Waals surface area contributed by atoms with Crippen LogP contribution < -0.4 is 0 Å². The number of likely N-dealkylation sites (N-methyl/N-ethyl adjacent to an activating group) is 1. The summed E-state index contributed by atoms with van der Waals surface area (Å²) in [5, 5.41) is 8.81. The van der Waals surface area contributed by atoms with Gasteiger partial charge in [0.25, 0.3) is 0 Å². The fourth-order valence-corrected chi connectivity index (χ4v) is 2.77. The van der Waals surface area contributed by atoms with Crippen molar-refractivity contribution in [1.29, 1.82) is 5.26 Å². The Morgan fingerprint density at radius 3 is 2.56 bits per heavy atom. The molecule has 0 bridgehead atoms. The van der Waals surface area contributed by atoms with Gasteiger partial charge in [-0.15, -0.1) is 0 Å². The van der Waals surface area contributed by atoms with Crippen LogP contribution in [-0.2, 0) is 0 Å². The Morgan fingerprint density at radius 2 is 2.06 bits per heavy atom. The van der Waals surface area contributed by atoms with Crippen LogP contribution in [0.15, 0.2) is 0 Å². The highest BCUT2D eigenvalue weighted by Crippen LogP contribution is 2.20. The Labute approximate surface area is 100 Å². The quantitative estimate of drug-likeness (QED) is 0.691. The van der Waals surface area contributed by atoms with Gasteiger partial charge in [-0.3, -0.25) is 9.80 Å². The summed E-state index contributed by atoms with van der Waals surface area (Å²) in [4.78, 5) is 5.05. The molecular formula is C13H25N3. The maximum Gasteiger partial charge on any atom is 0.0638 e. The SMILES string of the molecule is CCC(CC#N)N1CCC(N(CC)CC)C1. The van der Waals surface area contributed by atoms with Gasteiger partial charge in [-0.05, 0) is 25.9 Å². The van der Waals surface area contributed by atoms with Crippen LogP contribution in [0.3, 0.4) is 0 Å². The van der Waals surface area contributed by atoms with Gasteiger partial charge < -0.3 is 0 Å². The normalized spacial score (nSPS) is 23.6. The van der Waals surface area contributed by atoms with Crippen molar-refractivity contribution in [3.05, 3.63) is 0 Å². The molecule has 3 nitrogen and oxygen atoms in total. The molecule has 0 amide bonds. The summed E-state index contributed by atoms with van der Waals surface area (Å²) in [7, 11) is 0. The minimum Gasteiger partial charge on any atom is -0.300 e. The largest absolute Gasteiger partial charge is 0.300 e. The van der Waals surface area contributed by atoms with Crippen molar-refractivity contribution >= 4 is 0 Å². The number of hydrogen-bond donors (Lipinski definition) is 0. The highest BCUT2D eigenvalue weighted by atomic mass is 15.3. The molecule has 0 spiro atoms. The summed E-state index contributed by atoms with van der Waals surface area (Å²) in [5.41, 5.74) is 0. The van der Waals surface area contributed by atoms with Gasteiger partial charge in [-0.25, -0.2) is 0 Å². The van der Waals surface area contributed by atoms with E-state index in [1.165, 1.54) is 13.0 Å². The minimum atomic E-state index is 0.477. The number of nitriles is 1. The van der Waals surface area contributed by atoms with Crippen molar-refractivity contribution in [2.45, 2.75) is 52.1 Å². The molecule has 0 aromatic carbocycles. The summed E-state index contributed by atoms with van der Waals surface area (Å²) < 4.78 is 0. The first-order valence-electron chi connectivity index (χ1n) is 6.61. The molecule has 16 heavy (non-hydrogen) atoms. The Hall–Kier alpha value is -0.590. The number of nitrogens with zero attached hydrogens (tertiary/aromatic N) is 3. The molecule has 1 aliphatic heterocycles. The predicted molar refractivity (Wildman–Crippen MR) is 67.2 cm³/mol. The van der Waals surface area contributed by atoms with Crippen LogP contribution in [0, 0.1) is 11.3 Å². The van der Waals surface area contributed by atoms with Crippen molar-refractivity contribution in [3.8, 4) is 6.07 Å². The summed E-state index contributed by atoms with van der Waals surface area (Å²) in [6.07, 6.45) is 3.05. The zero-order valence-corrected chi connectivity index (χ0v) is 10.9.